The molecule has 106 valence electrons. The Hall–Kier alpha value is -1.52. The maximum Gasteiger partial charge on any atom is 0.257 e. The number of rotatable bonds is 2. The van der Waals surface area contributed by atoms with Gasteiger partial charge in [0.25, 0.3) is 5.91 Å². The van der Waals surface area contributed by atoms with Gasteiger partial charge in [-0.1, -0.05) is 24.6 Å². The van der Waals surface area contributed by atoms with Gasteiger partial charge < -0.3 is 15.1 Å². The largest absolute Gasteiger partial charge is 0.374 e. The second-order valence-electron chi connectivity index (χ2n) is 5.16. The number of nitrogens with one attached hydrogen (secondary N) is 1. The van der Waals surface area contributed by atoms with E-state index < -0.39 is 0 Å². The molecule has 0 spiro atoms. The molecule has 1 fully saturated rings. The number of anilines is 1. The molecule has 0 bridgehead atoms. The zero-order valence-corrected chi connectivity index (χ0v) is 12.3. The average Bonchev–Trinajstić information content (AvgIpc) is 2.75. The highest BCUT2D eigenvalue weighted by atomic mass is 35.5. The van der Waals surface area contributed by atoms with Crippen molar-refractivity contribution in [3.8, 4) is 0 Å². The monoisotopic (exact) mass is 291 g/mol. The molecule has 1 aromatic rings. The van der Waals surface area contributed by atoms with Crippen molar-refractivity contribution in [1.82, 2.24) is 9.80 Å². The smallest absolute Gasteiger partial charge is 0.257 e. The van der Waals surface area contributed by atoms with Gasteiger partial charge in [0, 0.05) is 43.0 Å². The topological polar surface area (TPSA) is 35.6 Å². The Balaban J connectivity index is 1.81. The molecular formula is C15H18ClN3O. The van der Waals surface area contributed by atoms with Gasteiger partial charge in [-0.3, -0.25) is 4.79 Å². The second kappa shape index (κ2) is 5.46. The quantitative estimate of drug-likeness (QED) is 0.849. The van der Waals surface area contributed by atoms with Crippen LogP contribution in [0, 0.1) is 0 Å². The number of benzene rings is 1. The van der Waals surface area contributed by atoms with Crippen LogP contribution in [0.4, 0.5) is 5.69 Å². The molecule has 2 heterocycles. The third kappa shape index (κ3) is 2.53. The first-order valence-corrected chi connectivity index (χ1v) is 7.34. The van der Waals surface area contributed by atoms with Crippen molar-refractivity contribution in [2.75, 3.05) is 38.0 Å². The molecule has 0 atom stereocenters. The van der Waals surface area contributed by atoms with Crippen molar-refractivity contribution in [3.63, 3.8) is 0 Å². The summed E-state index contributed by atoms with van der Waals surface area (Å²) < 4.78 is 0. The van der Waals surface area contributed by atoms with Gasteiger partial charge in [0.1, 0.15) is 0 Å². The lowest BCUT2D eigenvalue weighted by Crippen LogP contribution is -2.43. The van der Waals surface area contributed by atoms with Crippen molar-refractivity contribution in [2.24, 2.45) is 0 Å². The van der Waals surface area contributed by atoms with Crippen LogP contribution in [0.15, 0.2) is 24.4 Å². The van der Waals surface area contributed by atoms with Gasteiger partial charge in [0.2, 0.25) is 0 Å². The molecule has 1 N–H and O–H groups in total. The molecule has 1 saturated heterocycles. The van der Waals surface area contributed by atoms with Crippen molar-refractivity contribution in [1.29, 1.82) is 0 Å². The lowest BCUT2D eigenvalue weighted by Gasteiger charge is -2.33. The number of fused-ring (bicyclic) bond motifs is 1. The maximum absolute atomic E-state index is 12.1. The predicted octanol–water partition coefficient (Wildman–Crippen LogP) is 2.27. The molecule has 0 aromatic heterocycles. The number of hydrogen-bond acceptors (Lipinski definition) is 3. The normalized spacial score (nSPS) is 21.2. The van der Waals surface area contributed by atoms with Gasteiger partial charge in [0.15, 0.2) is 0 Å². The van der Waals surface area contributed by atoms with E-state index in [-0.39, 0.29) is 5.91 Å². The molecule has 20 heavy (non-hydrogen) atoms. The van der Waals surface area contributed by atoms with Gasteiger partial charge in [-0.05, 0) is 18.7 Å². The fourth-order valence-corrected chi connectivity index (χ4v) is 2.86. The molecular weight excluding hydrogens is 274 g/mol. The predicted molar refractivity (Wildman–Crippen MR) is 81.7 cm³/mol. The first-order chi connectivity index (χ1) is 9.67. The second-order valence-corrected chi connectivity index (χ2v) is 5.59. The SMILES string of the molecule is CCN1CCN(/C=C2/C(=O)Nc3cc(Cl)ccc32)CC1. The zero-order valence-electron chi connectivity index (χ0n) is 11.5. The Bertz CT molecular complexity index is 562. The summed E-state index contributed by atoms with van der Waals surface area (Å²) in [7, 11) is 0. The summed E-state index contributed by atoms with van der Waals surface area (Å²) in [6, 6.07) is 5.53. The van der Waals surface area contributed by atoms with Crippen LogP contribution in [0.5, 0.6) is 0 Å². The standard InChI is InChI=1S/C15H18ClN3O/c1-2-18-5-7-19(8-6-18)10-13-12-4-3-11(16)9-14(12)17-15(13)20/h3-4,9-10H,2,5-8H2,1H3,(H,17,20)/b13-10+. The third-order valence-corrected chi connectivity index (χ3v) is 4.17. The summed E-state index contributed by atoms with van der Waals surface area (Å²) in [5, 5.41) is 3.51. The van der Waals surface area contributed by atoms with Gasteiger partial charge >= 0.3 is 0 Å². The minimum absolute atomic E-state index is 0.0415. The van der Waals surface area contributed by atoms with E-state index in [4.69, 9.17) is 11.6 Å². The number of hydrogen-bond donors (Lipinski definition) is 1. The van der Waals surface area contributed by atoms with E-state index in [1.807, 2.05) is 18.3 Å². The Kier molecular flexibility index (Phi) is 3.68. The fourth-order valence-electron chi connectivity index (χ4n) is 2.69. The maximum atomic E-state index is 12.1. The first-order valence-electron chi connectivity index (χ1n) is 6.97. The number of likely N-dealkylation sites (N-methyl/N-ethyl adjacent to an activating group) is 1. The highest BCUT2D eigenvalue weighted by molar-refractivity contribution is 6.34. The molecule has 4 nitrogen and oxygen atoms in total. The third-order valence-electron chi connectivity index (χ3n) is 3.93. The molecule has 1 amide bonds. The molecule has 5 heteroatoms. The highest BCUT2D eigenvalue weighted by Crippen LogP contribution is 2.33. The summed E-state index contributed by atoms with van der Waals surface area (Å²) in [5.74, 6) is -0.0415. The van der Waals surface area contributed by atoms with Crippen molar-refractivity contribution < 1.29 is 4.79 Å². The number of carbonyl (C=O) groups excluding carboxylic acids is 1. The lowest BCUT2D eigenvalue weighted by molar-refractivity contribution is -0.110. The van der Waals surface area contributed by atoms with Gasteiger partial charge in [-0.15, -0.1) is 0 Å². The lowest BCUT2D eigenvalue weighted by atomic mass is 10.1. The van der Waals surface area contributed by atoms with Crippen LogP contribution in [0.1, 0.15) is 12.5 Å². The van der Waals surface area contributed by atoms with E-state index in [9.17, 15) is 4.79 Å². The zero-order chi connectivity index (χ0) is 14.1. The minimum atomic E-state index is -0.0415. The number of carbonyl (C=O) groups is 1. The summed E-state index contributed by atoms with van der Waals surface area (Å²) in [6.07, 6.45) is 1.99. The summed E-state index contributed by atoms with van der Waals surface area (Å²) >= 11 is 5.96. The molecule has 0 saturated carbocycles. The van der Waals surface area contributed by atoms with E-state index in [0.717, 1.165) is 49.5 Å². The van der Waals surface area contributed by atoms with Crippen LogP contribution in [-0.2, 0) is 4.79 Å². The molecule has 0 aliphatic carbocycles. The summed E-state index contributed by atoms with van der Waals surface area (Å²) in [4.78, 5) is 16.7. The Morgan fingerprint density at radius 3 is 2.75 bits per heavy atom. The van der Waals surface area contributed by atoms with Crippen LogP contribution in [0.2, 0.25) is 5.02 Å². The molecule has 2 aliphatic heterocycles. The van der Waals surface area contributed by atoms with Crippen molar-refractivity contribution in [3.05, 3.63) is 35.0 Å². The molecule has 3 rings (SSSR count). The molecule has 0 radical (unpaired) electrons. The van der Waals surface area contributed by atoms with Crippen LogP contribution in [0.3, 0.4) is 0 Å². The fraction of sp³-hybridized carbons (Fsp3) is 0.400. The van der Waals surface area contributed by atoms with Gasteiger partial charge in [0.05, 0.1) is 11.3 Å². The molecule has 0 unspecified atom stereocenters. The van der Waals surface area contributed by atoms with Gasteiger partial charge in [-0.25, -0.2) is 0 Å². The minimum Gasteiger partial charge on any atom is -0.374 e. The number of halogens is 1. The van der Waals surface area contributed by atoms with E-state index in [2.05, 4.69) is 22.0 Å². The van der Waals surface area contributed by atoms with Gasteiger partial charge in [-0.2, -0.15) is 0 Å². The van der Waals surface area contributed by atoms with E-state index in [1.54, 1.807) is 6.07 Å². The summed E-state index contributed by atoms with van der Waals surface area (Å²) in [6.45, 7) is 7.30. The van der Waals surface area contributed by atoms with E-state index >= 15 is 0 Å². The van der Waals surface area contributed by atoms with Crippen molar-refractivity contribution in [2.45, 2.75) is 6.92 Å². The van der Waals surface area contributed by atoms with Crippen LogP contribution in [-0.4, -0.2) is 48.4 Å². The number of nitrogens with zero attached hydrogens (tertiary/aromatic N) is 2. The van der Waals surface area contributed by atoms with E-state index in [1.165, 1.54) is 0 Å². The Morgan fingerprint density at radius 2 is 2.05 bits per heavy atom. The molecule has 1 aromatic carbocycles. The Morgan fingerprint density at radius 1 is 1.30 bits per heavy atom. The average molecular weight is 292 g/mol. The van der Waals surface area contributed by atoms with E-state index in [0.29, 0.717) is 5.02 Å². The highest BCUT2D eigenvalue weighted by Gasteiger charge is 2.25. The number of amides is 1. The number of piperazine rings is 1. The van der Waals surface area contributed by atoms with Crippen molar-refractivity contribution >= 4 is 28.8 Å². The summed E-state index contributed by atoms with van der Waals surface area (Å²) in [5.41, 5.74) is 2.49. The van der Waals surface area contributed by atoms with Crippen LogP contribution >= 0.6 is 11.6 Å². The first kappa shape index (κ1) is 13.5. The Labute approximate surface area is 124 Å². The molecule has 2 aliphatic rings. The van der Waals surface area contributed by atoms with Crippen LogP contribution < -0.4 is 5.32 Å². The van der Waals surface area contributed by atoms with Crippen LogP contribution in [0.25, 0.3) is 5.57 Å².